The van der Waals surface area contributed by atoms with Crippen LogP contribution in [-0.2, 0) is 19.7 Å². The van der Waals surface area contributed by atoms with Crippen LogP contribution in [-0.4, -0.2) is 7.11 Å². The smallest absolute Gasteiger partial charge is 0.161 e. The summed E-state index contributed by atoms with van der Waals surface area (Å²) in [4.78, 5) is 1.19. The van der Waals surface area contributed by atoms with Crippen LogP contribution in [0.4, 0.5) is 0 Å². The zero-order valence-corrected chi connectivity index (χ0v) is 15.0. The van der Waals surface area contributed by atoms with Gasteiger partial charge in [0.05, 0.1) is 19.9 Å². The molecule has 1 aromatic carbocycles. The number of nitrogens with one attached hydrogen (secondary N) is 1. The highest BCUT2D eigenvalue weighted by atomic mass is 35.5. The second-order valence-corrected chi connectivity index (χ2v) is 6.07. The van der Waals surface area contributed by atoms with Crippen LogP contribution in [0.2, 0.25) is 0 Å². The Hall–Kier alpha value is -1.95. The van der Waals surface area contributed by atoms with Crippen LogP contribution in [0.25, 0.3) is 0 Å². The van der Waals surface area contributed by atoms with Gasteiger partial charge in [0.2, 0.25) is 0 Å². The highest BCUT2D eigenvalue weighted by Crippen LogP contribution is 2.29. The summed E-state index contributed by atoms with van der Waals surface area (Å²) >= 11 is 1.68. The van der Waals surface area contributed by atoms with E-state index in [1.54, 1.807) is 24.7 Å². The molecule has 1 N–H and O–H groups in total. The quantitative estimate of drug-likeness (QED) is 0.631. The molecule has 0 saturated heterocycles. The van der Waals surface area contributed by atoms with E-state index in [9.17, 15) is 0 Å². The van der Waals surface area contributed by atoms with Gasteiger partial charge in [-0.2, -0.15) is 0 Å². The van der Waals surface area contributed by atoms with E-state index >= 15 is 0 Å². The van der Waals surface area contributed by atoms with Crippen molar-refractivity contribution in [1.82, 2.24) is 5.32 Å². The molecule has 3 rings (SSSR count). The van der Waals surface area contributed by atoms with Gasteiger partial charge >= 0.3 is 0 Å². The van der Waals surface area contributed by atoms with Crippen molar-refractivity contribution in [3.8, 4) is 11.5 Å². The molecule has 0 saturated carbocycles. The lowest BCUT2D eigenvalue weighted by Crippen LogP contribution is -2.12. The topological polar surface area (TPSA) is 43.6 Å². The van der Waals surface area contributed by atoms with Crippen LogP contribution in [0.3, 0.4) is 0 Å². The van der Waals surface area contributed by atoms with E-state index in [-0.39, 0.29) is 12.4 Å². The number of ether oxygens (including phenoxy) is 2. The van der Waals surface area contributed by atoms with Gasteiger partial charge in [0, 0.05) is 11.4 Å². The molecule has 0 aliphatic rings. The molecule has 0 aliphatic heterocycles. The Morgan fingerprint density at radius 1 is 1.08 bits per heavy atom. The fourth-order valence-electron chi connectivity index (χ4n) is 2.23. The predicted octanol–water partition coefficient (Wildman–Crippen LogP) is 4.64. The van der Waals surface area contributed by atoms with Crippen molar-refractivity contribution in [1.29, 1.82) is 0 Å². The van der Waals surface area contributed by atoms with Crippen molar-refractivity contribution in [3.05, 3.63) is 70.3 Å². The summed E-state index contributed by atoms with van der Waals surface area (Å²) in [6.45, 7) is 2.00. The van der Waals surface area contributed by atoms with Gasteiger partial charge in [-0.15, -0.1) is 23.7 Å². The molecule has 0 amide bonds. The van der Waals surface area contributed by atoms with Crippen LogP contribution < -0.4 is 14.8 Å². The summed E-state index contributed by atoms with van der Waals surface area (Å²) in [6, 6.07) is 13.9. The SMILES string of the molecule is COc1cc(CNCc2ccco2)ccc1OCc1cccs1.Cl. The van der Waals surface area contributed by atoms with Gasteiger partial charge in [-0.25, -0.2) is 0 Å². The normalized spacial score (nSPS) is 10.2. The van der Waals surface area contributed by atoms with Gasteiger partial charge in [-0.05, 0) is 41.3 Å². The average molecular weight is 366 g/mol. The number of halogens is 1. The third-order valence-electron chi connectivity index (χ3n) is 3.39. The lowest BCUT2D eigenvalue weighted by Gasteiger charge is -2.12. The Morgan fingerprint density at radius 3 is 2.71 bits per heavy atom. The van der Waals surface area contributed by atoms with E-state index < -0.39 is 0 Å². The van der Waals surface area contributed by atoms with Crippen LogP contribution >= 0.6 is 23.7 Å². The minimum absolute atomic E-state index is 0. The molecule has 0 atom stereocenters. The monoisotopic (exact) mass is 365 g/mol. The van der Waals surface area contributed by atoms with Crippen LogP contribution in [0.5, 0.6) is 11.5 Å². The van der Waals surface area contributed by atoms with Crippen molar-refractivity contribution >= 4 is 23.7 Å². The minimum atomic E-state index is 0. The number of hydrogen-bond donors (Lipinski definition) is 1. The largest absolute Gasteiger partial charge is 0.493 e. The zero-order chi connectivity index (χ0) is 15.9. The highest BCUT2D eigenvalue weighted by molar-refractivity contribution is 7.09. The maximum absolute atomic E-state index is 5.84. The molecule has 4 nitrogen and oxygen atoms in total. The lowest BCUT2D eigenvalue weighted by molar-refractivity contribution is 0.287. The van der Waals surface area contributed by atoms with Gasteiger partial charge in [-0.1, -0.05) is 12.1 Å². The standard InChI is InChI=1S/C18H19NO3S.ClH/c1-20-18-10-14(11-19-12-15-4-2-8-21-15)6-7-17(18)22-13-16-5-3-9-23-16;/h2-10,19H,11-13H2,1H3;1H. The van der Waals surface area contributed by atoms with Crippen LogP contribution in [0, 0.1) is 0 Å². The molecule has 6 heteroatoms. The molecule has 0 radical (unpaired) electrons. The van der Waals surface area contributed by atoms with Crippen molar-refractivity contribution in [2.75, 3.05) is 7.11 Å². The summed E-state index contributed by atoms with van der Waals surface area (Å²) in [7, 11) is 1.66. The maximum atomic E-state index is 5.84. The Labute approximate surface area is 151 Å². The summed E-state index contributed by atoms with van der Waals surface area (Å²) < 4.78 is 16.6. The van der Waals surface area contributed by atoms with Gasteiger partial charge in [0.25, 0.3) is 0 Å². The third kappa shape index (κ3) is 5.03. The van der Waals surface area contributed by atoms with Crippen molar-refractivity contribution in [3.63, 3.8) is 0 Å². The zero-order valence-electron chi connectivity index (χ0n) is 13.4. The Morgan fingerprint density at radius 2 is 2.00 bits per heavy atom. The van der Waals surface area contributed by atoms with Crippen molar-refractivity contribution in [2.45, 2.75) is 19.7 Å². The van der Waals surface area contributed by atoms with Gasteiger partial charge in [0.1, 0.15) is 12.4 Å². The first-order chi connectivity index (χ1) is 11.3. The van der Waals surface area contributed by atoms with E-state index in [2.05, 4.69) is 11.4 Å². The molecule has 0 spiro atoms. The third-order valence-corrected chi connectivity index (χ3v) is 4.24. The fraction of sp³-hybridized carbons (Fsp3) is 0.222. The van der Waals surface area contributed by atoms with Gasteiger partial charge in [0.15, 0.2) is 11.5 Å². The molecule has 0 aliphatic carbocycles. The Bertz CT molecular complexity index is 714. The number of rotatable bonds is 8. The number of methoxy groups -OCH3 is 1. The predicted molar refractivity (Wildman–Crippen MR) is 98.1 cm³/mol. The molecular weight excluding hydrogens is 346 g/mol. The van der Waals surface area contributed by atoms with Crippen LogP contribution in [0.15, 0.2) is 58.5 Å². The fourth-order valence-corrected chi connectivity index (χ4v) is 2.84. The maximum Gasteiger partial charge on any atom is 0.161 e. The summed E-state index contributed by atoms with van der Waals surface area (Å²) in [5.74, 6) is 2.43. The first-order valence-electron chi connectivity index (χ1n) is 7.40. The Balaban J connectivity index is 0.00000208. The number of hydrogen-bond acceptors (Lipinski definition) is 5. The number of furan rings is 1. The average Bonchev–Trinajstić information content (AvgIpc) is 3.27. The van der Waals surface area contributed by atoms with E-state index in [0.717, 1.165) is 29.4 Å². The lowest BCUT2D eigenvalue weighted by atomic mass is 10.2. The number of thiophene rings is 1. The Kier molecular flexibility index (Phi) is 7.18. The summed E-state index contributed by atoms with van der Waals surface area (Å²) in [5, 5.41) is 5.39. The highest BCUT2D eigenvalue weighted by Gasteiger charge is 2.07. The van der Waals surface area contributed by atoms with E-state index in [0.29, 0.717) is 13.2 Å². The molecule has 3 aromatic rings. The molecular formula is C18H20ClNO3S. The van der Waals surface area contributed by atoms with Gasteiger partial charge in [-0.3, -0.25) is 0 Å². The first kappa shape index (κ1) is 18.4. The molecule has 2 aromatic heterocycles. The second kappa shape index (κ2) is 9.37. The van der Waals surface area contributed by atoms with E-state index in [1.807, 2.05) is 41.8 Å². The molecule has 0 unspecified atom stereocenters. The van der Waals surface area contributed by atoms with E-state index in [1.165, 1.54) is 4.88 Å². The van der Waals surface area contributed by atoms with Gasteiger partial charge < -0.3 is 19.2 Å². The molecule has 24 heavy (non-hydrogen) atoms. The van der Waals surface area contributed by atoms with Crippen molar-refractivity contribution in [2.24, 2.45) is 0 Å². The molecule has 0 fully saturated rings. The molecule has 128 valence electrons. The van der Waals surface area contributed by atoms with E-state index in [4.69, 9.17) is 13.9 Å². The van der Waals surface area contributed by atoms with Crippen LogP contribution in [0.1, 0.15) is 16.2 Å². The molecule has 2 heterocycles. The molecule has 0 bridgehead atoms. The van der Waals surface area contributed by atoms with Crippen molar-refractivity contribution < 1.29 is 13.9 Å². The summed E-state index contributed by atoms with van der Waals surface area (Å²) in [6.07, 6.45) is 1.68. The summed E-state index contributed by atoms with van der Waals surface area (Å²) in [5.41, 5.74) is 1.14. The second-order valence-electron chi connectivity index (χ2n) is 5.04. The number of benzene rings is 1. The minimum Gasteiger partial charge on any atom is -0.493 e. The first-order valence-corrected chi connectivity index (χ1v) is 8.28.